The van der Waals surface area contributed by atoms with Gasteiger partial charge in [0.15, 0.2) is 0 Å². The maximum Gasteiger partial charge on any atom is 0.514 e. The van der Waals surface area contributed by atoms with E-state index in [4.69, 9.17) is 9.31 Å². The van der Waals surface area contributed by atoms with Gasteiger partial charge in [0.2, 0.25) is 5.91 Å². The van der Waals surface area contributed by atoms with Gasteiger partial charge in [0.1, 0.15) is 0 Å². The van der Waals surface area contributed by atoms with E-state index in [9.17, 15) is 4.79 Å². The molecule has 0 unspecified atom stereocenters. The Morgan fingerprint density at radius 2 is 1.90 bits per heavy atom. The number of anilines is 1. The van der Waals surface area contributed by atoms with Crippen LogP contribution < -0.4 is 16.2 Å². The molecule has 0 bridgehead atoms. The molecule has 21 heavy (non-hydrogen) atoms. The van der Waals surface area contributed by atoms with Crippen LogP contribution in [0.2, 0.25) is 0 Å². The molecular formula is C14H22BN3O3. The van der Waals surface area contributed by atoms with Gasteiger partial charge in [-0.15, -0.1) is 0 Å². The highest BCUT2D eigenvalue weighted by molar-refractivity contribution is 6.61. The fourth-order valence-corrected chi connectivity index (χ4v) is 1.92. The Labute approximate surface area is 125 Å². The van der Waals surface area contributed by atoms with Crippen molar-refractivity contribution in [2.24, 2.45) is 0 Å². The van der Waals surface area contributed by atoms with Crippen molar-refractivity contribution in [3.8, 4) is 0 Å². The van der Waals surface area contributed by atoms with Crippen LogP contribution in [-0.2, 0) is 14.1 Å². The number of hydrogen-bond donors (Lipinski definition) is 2. The van der Waals surface area contributed by atoms with Crippen LogP contribution in [0.15, 0.2) is 18.3 Å². The van der Waals surface area contributed by atoms with E-state index in [1.54, 1.807) is 19.3 Å². The number of nitrogens with one attached hydrogen (secondary N) is 2. The molecule has 0 atom stereocenters. The van der Waals surface area contributed by atoms with E-state index in [1.807, 2.05) is 33.8 Å². The molecule has 1 amide bonds. The molecule has 1 aliphatic heterocycles. The number of pyridine rings is 1. The summed E-state index contributed by atoms with van der Waals surface area (Å²) < 4.78 is 11.9. The quantitative estimate of drug-likeness (QED) is 0.792. The average Bonchev–Trinajstić information content (AvgIpc) is 2.65. The van der Waals surface area contributed by atoms with Crippen LogP contribution in [0.25, 0.3) is 0 Å². The summed E-state index contributed by atoms with van der Waals surface area (Å²) in [4.78, 5) is 15.6. The zero-order valence-corrected chi connectivity index (χ0v) is 13.2. The highest BCUT2D eigenvalue weighted by Gasteiger charge is 2.52. The van der Waals surface area contributed by atoms with Crippen molar-refractivity contribution in [1.82, 2.24) is 10.3 Å². The fraction of sp³-hybridized carbons (Fsp3) is 0.571. The van der Waals surface area contributed by atoms with E-state index < -0.39 is 18.3 Å². The fourth-order valence-electron chi connectivity index (χ4n) is 1.92. The van der Waals surface area contributed by atoms with E-state index in [-0.39, 0.29) is 12.5 Å². The van der Waals surface area contributed by atoms with E-state index in [0.717, 1.165) is 5.69 Å². The second kappa shape index (κ2) is 5.65. The third-order valence-corrected chi connectivity index (χ3v) is 4.01. The Bertz CT molecular complexity index is 518. The van der Waals surface area contributed by atoms with Crippen molar-refractivity contribution in [3.63, 3.8) is 0 Å². The van der Waals surface area contributed by atoms with Crippen molar-refractivity contribution in [3.05, 3.63) is 18.3 Å². The molecule has 6 nitrogen and oxygen atoms in total. The van der Waals surface area contributed by atoms with Gasteiger partial charge in [0.05, 0.1) is 23.3 Å². The Morgan fingerprint density at radius 3 is 2.48 bits per heavy atom. The third-order valence-electron chi connectivity index (χ3n) is 4.01. The monoisotopic (exact) mass is 291 g/mol. The zero-order valence-electron chi connectivity index (χ0n) is 13.2. The summed E-state index contributed by atoms with van der Waals surface area (Å²) in [5.41, 5.74) is 0.698. The lowest BCUT2D eigenvalue weighted by Crippen LogP contribution is -2.41. The predicted molar refractivity (Wildman–Crippen MR) is 82.5 cm³/mol. The van der Waals surface area contributed by atoms with Gasteiger partial charge >= 0.3 is 7.12 Å². The Morgan fingerprint density at radius 1 is 1.29 bits per heavy atom. The number of carbonyl (C=O) groups excluding carboxylic acids is 1. The number of rotatable bonds is 4. The second-order valence-electron chi connectivity index (χ2n) is 6.08. The normalized spacial score (nSPS) is 19.4. The lowest BCUT2D eigenvalue weighted by Gasteiger charge is -2.32. The summed E-state index contributed by atoms with van der Waals surface area (Å²) in [5, 5.41) is 5.60. The molecule has 1 aromatic rings. The Balaban J connectivity index is 2.10. The third kappa shape index (κ3) is 3.36. The van der Waals surface area contributed by atoms with Crippen LogP contribution in [0.5, 0.6) is 0 Å². The molecule has 2 rings (SSSR count). The largest absolute Gasteiger partial charge is 0.514 e. The summed E-state index contributed by atoms with van der Waals surface area (Å²) >= 11 is 0. The molecule has 0 radical (unpaired) electrons. The summed E-state index contributed by atoms with van der Waals surface area (Å²) in [6.07, 6.45) is 1.67. The van der Waals surface area contributed by atoms with Gasteiger partial charge in [0.25, 0.3) is 0 Å². The molecule has 0 aliphatic carbocycles. The van der Waals surface area contributed by atoms with Crippen molar-refractivity contribution >= 4 is 24.3 Å². The number of likely N-dealkylation sites (N-methyl/N-ethyl adjacent to an activating group) is 1. The minimum atomic E-state index is -0.503. The molecule has 2 N–H and O–H groups in total. The Kier molecular flexibility index (Phi) is 4.25. The maximum absolute atomic E-state index is 11.3. The number of nitrogens with zero attached hydrogens (tertiary/aromatic N) is 1. The first kappa shape index (κ1) is 15.8. The van der Waals surface area contributed by atoms with Crippen molar-refractivity contribution in [2.45, 2.75) is 38.9 Å². The van der Waals surface area contributed by atoms with Gasteiger partial charge in [0, 0.05) is 18.9 Å². The van der Waals surface area contributed by atoms with Gasteiger partial charge < -0.3 is 19.9 Å². The standard InChI is InChI=1S/C14H22BN3O3/c1-13(2)14(3,4)21-15(20-13)11-8-10(6-7-17-11)18-9-12(19)16-5/h6-8H,9H2,1-5H3,(H,16,19)(H,17,18). The van der Waals surface area contributed by atoms with Crippen molar-refractivity contribution in [1.29, 1.82) is 0 Å². The summed E-state index contributed by atoms with van der Waals surface area (Å²) in [6.45, 7) is 8.21. The summed E-state index contributed by atoms with van der Waals surface area (Å²) in [5.74, 6) is -0.0796. The molecule has 1 saturated heterocycles. The van der Waals surface area contributed by atoms with Gasteiger partial charge in [-0.05, 0) is 39.8 Å². The molecule has 0 saturated carbocycles. The van der Waals surface area contributed by atoms with Crippen molar-refractivity contribution in [2.75, 3.05) is 18.9 Å². The lowest BCUT2D eigenvalue weighted by molar-refractivity contribution is -0.118. The minimum absolute atomic E-state index is 0.0796. The van der Waals surface area contributed by atoms with Gasteiger partial charge in [-0.25, -0.2) is 0 Å². The van der Waals surface area contributed by atoms with E-state index >= 15 is 0 Å². The summed E-state index contributed by atoms with van der Waals surface area (Å²) in [6, 6.07) is 3.64. The van der Waals surface area contributed by atoms with E-state index in [0.29, 0.717) is 5.59 Å². The highest BCUT2D eigenvalue weighted by atomic mass is 16.7. The number of amides is 1. The van der Waals surface area contributed by atoms with Crippen molar-refractivity contribution < 1.29 is 14.1 Å². The highest BCUT2D eigenvalue weighted by Crippen LogP contribution is 2.36. The SMILES string of the molecule is CNC(=O)CNc1ccnc(B2OC(C)(C)C(C)(C)O2)c1. The van der Waals surface area contributed by atoms with Gasteiger partial charge in [-0.2, -0.15) is 0 Å². The molecule has 2 heterocycles. The van der Waals surface area contributed by atoms with E-state index in [2.05, 4.69) is 15.6 Å². The van der Waals surface area contributed by atoms with Crippen LogP contribution >= 0.6 is 0 Å². The number of aromatic nitrogens is 1. The number of carbonyl (C=O) groups is 1. The van der Waals surface area contributed by atoms with Crippen LogP contribution in [0, 0.1) is 0 Å². The molecule has 1 aromatic heterocycles. The first-order chi connectivity index (χ1) is 9.75. The topological polar surface area (TPSA) is 72.5 Å². The molecule has 1 fully saturated rings. The molecule has 0 spiro atoms. The molecule has 114 valence electrons. The first-order valence-electron chi connectivity index (χ1n) is 7.01. The smallest absolute Gasteiger partial charge is 0.398 e. The minimum Gasteiger partial charge on any atom is -0.398 e. The van der Waals surface area contributed by atoms with Crippen LogP contribution in [0.1, 0.15) is 27.7 Å². The first-order valence-corrected chi connectivity index (χ1v) is 7.01. The van der Waals surface area contributed by atoms with Crippen LogP contribution in [-0.4, -0.2) is 42.8 Å². The van der Waals surface area contributed by atoms with Gasteiger partial charge in [-0.3, -0.25) is 9.78 Å². The summed E-state index contributed by atoms with van der Waals surface area (Å²) in [7, 11) is 1.10. The average molecular weight is 291 g/mol. The second-order valence-corrected chi connectivity index (χ2v) is 6.08. The number of hydrogen-bond acceptors (Lipinski definition) is 5. The van der Waals surface area contributed by atoms with E-state index in [1.165, 1.54) is 0 Å². The lowest BCUT2D eigenvalue weighted by atomic mass is 9.84. The van der Waals surface area contributed by atoms with Gasteiger partial charge in [-0.1, -0.05) is 0 Å². The molecule has 0 aromatic carbocycles. The Hall–Kier alpha value is -1.60. The zero-order chi connectivity index (χ0) is 15.7. The van der Waals surface area contributed by atoms with Crippen LogP contribution in [0.4, 0.5) is 5.69 Å². The molecule has 1 aliphatic rings. The van der Waals surface area contributed by atoms with Crippen LogP contribution in [0.3, 0.4) is 0 Å². The maximum atomic E-state index is 11.3. The molecule has 7 heteroatoms. The molecular weight excluding hydrogens is 269 g/mol. The predicted octanol–water partition coefficient (Wildman–Crippen LogP) is 0.539.